The van der Waals surface area contributed by atoms with Crippen LogP contribution in [0.4, 0.5) is 16.0 Å². The van der Waals surface area contributed by atoms with Crippen LogP contribution in [0.3, 0.4) is 0 Å². The fraction of sp³-hybridized carbons (Fsp3) is 0.308. The van der Waals surface area contributed by atoms with Crippen LogP contribution in [0.25, 0.3) is 16.6 Å². The monoisotopic (exact) mass is 501 g/mol. The number of aromatic nitrogens is 6. The number of methoxy groups -OCH3 is 1. The van der Waals surface area contributed by atoms with Crippen molar-refractivity contribution in [2.75, 3.05) is 50.5 Å². The second-order valence-electron chi connectivity index (χ2n) is 9.22. The quantitative estimate of drug-likeness (QED) is 0.363. The van der Waals surface area contributed by atoms with Gasteiger partial charge in [-0.25, -0.2) is 19.0 Å². The summed E-state index contributed by atoms with van der Waals surface area (Å²) in [4.78, 5) is 13.7. The van der Waals surface area contributed by atoms with Crippen LogP contribution in [0.2, 0.25) is 0 Å². The number of ether oxygens (including phenoxy) is 1. The van der Waals surface area contributed by atoms with E-state index in [1.807, 2.05) is 24.5 Å². The molecule has 0 amide bonds. The molecule has 6 rings (SSSR count). The van der Waals surface area contributed by atoms with Gasteiger partial charge in [0.15, 0.2) is 0 Å². The van der Waals surface area contributed by atoms with E-state index in [1.165, 1.54) is 11.8 Å². The number of piperazine rings is 1. The first-order valence-corrected chi connectivity index (χ1v) is 12.3. The number of rotatable bonds is 7. The summed E-state index contributed by atoms with van der Waals surface area (Å²) in [5.74, 6) is 0.652. The summed E-state index contributed by atoms with van der Waals surface area (Å²) in [6, 6.07) is 13.0. The van der Waals surface area contributed by atoms with Crippen molar-refractivity contribution in [3.8, 4) is 5.75 Å². The van der Waals surface area contributed by atoms with Gasteiger partial charge in [0.2, 0.25) is 5.95 Å². The van der Waals surface area contributed by atoms with Crippen molar-refractivity contribution < 1.29 is 9.13 Å². The lowest BCUT2D eigenvalue weighted by atomic mass is 10.2. The normalized spacial score (nSPS) is 14.6. The predicted octanol–water partition coefficient (Wildman–Crippen LogP) is 2.62. The highest BCUT2D eigenvalue weighted by Crippen LogP contribution is 2.23. The Morgan fingerprint density at radius 3 is 2.57 bits per heavy atom. The maximum absolute atomic E-state index is 14.2. The maximum atomic E-state index is 14.2. The van der Waals surface area contributed by atoms with Gasteiger partial charge in [0.05, 0.1) is 25.0 Å². The molecule has 4 heterocycles. The number of nitrogens with two attached hydrogens (primary N) is 1. The number of imidazole rings is 1. The average molecular weight is 502 g/mol. The molecule has 1 aliphatic heterocycles. The van der Waals surface area contributed by atoms with Crippen molar-refractivity contribution in [2.24, 2.45) is 0 Å². The van der Waals surface area contributed by atoms with Gasteiger partial charge in [-0.2, -0.15) is 0 Å². The third-order valence-electron chi connectivity index (χ3n) is 6.86. The van der Waals surface area contributed by atoms with Crippen LogP contribution >= 0.6 is 0 Å². The zero-order valence-electron chi connectivity index (χ0n) is 20.6. The number of benzene rings is 2. The van der Waals surface area contributed by atoms with Gasteiger partial charge in [-0.05, 0) is 36.4 Å². The number of fused-ring (bicyclic) bond motifs is 3. The Kier molecular flexibility index (Phi) is 6.05. The lowest BCUT2D eigenvalue weighted by Crippen LogP contribution is -2.47. The summed E-state index contributed by atoms with van der Waals surface area (Å²) in [6.45, 7) is 5.36. The Morgan fingerprint density at radius 1 is 0.973 bits per heavy atom. The van der Waals surface area contributed by atoms with Gasteiger partial charge in [0, 0.05) is 62.6 Å². The largest absolute Gasteiger partial charge is 0.497 e. The molecule has 0 bridgehead atoms. The number of nitrogen functional groups attached to an aromatic ring is 1. The minimum atomic E-state index is -0.417. The van der Waals surface area contributed by atoms with Crippen molar-refractivity contribution in [1.82, 2.24) is 34.3 Å². The molecule has 11 heteroatoms. The summed E-state index contributed by atoms with van der Waals surface area (Å²) >= 11 is 0. The van der Waals surface area contributed by atoms with E-state index in [2.05, 4.69) is 42.2 Å². The summed E-state index contributed by atoms with van der Waals surface area (Å²) in [7, 11) is 1.69. The van der Waals surface area contributed by atoms with Gasteiger partial charge >= 0.3 is 0 Å². The first-order valence-electron chi connectivity index (χ1n) is 12.3. The molecular formula is C26H28FN9O. The highest BCUT2D eigenvalue weighted by atomic mass is 19.1. The third kappa shape index (κ3) is 4.65. The number of anilines is 2. The van der Waals surface area contributed by atoms with Crippen molar-refractivity contribution >= 4 is 28.2 Å². The third-order valence-corrected chi connectivity index (χ3v) is 6.86. The number of hydrogen-bond donors (Lipinski definition) is 1. The SMILES string of the molecule is COc1ccc(N2CCN(CCc3cn(Cc4cn5c(N)nc6c(F)cccc6c5n4)nn3)CC2)cc1. The van der Waals surface area contributed by atoms with E-state index in [0.29, 0.717) is 17.6 Å². The zero-order valence-corrected chi connectivity index (χ0v) is 20.6. The van der Waals surface area contributed by atoms with Crippen molar-refractivity contribution in [3.63, 3.8) is 0 Å². The van der Waals surface area contributed by atoms with Crippen LogP contribution in [0, 0.1) is 5.82 Å². The van der Waals surface area contributed by atoms with Crippen LogP contribution in [-0.2, 0) is 13.0 Å². The molecule has 0 spiro atoms. The molecule has 190 valence electrons. The second-order valence-corrected chi connectivity index (χ2v) is 9.22. The van der Waals surface area contributed by atoms with E-state index >= 15 is 0 Å². The summed E-state index contributed by atoms with van der Waals surface area (Å²) in [6.07, 6.45) is 4.59. The van der Waals surface area contributed by atoms with E-state index in [-0.39, 0.29) is 11.5 Å². The number of hydrogen-bond acceptors (Lipinski definition) is 8. The Bertz CT molecular complexity index is 1540. The standard InChI is InChI=1S/C26H28FN9O/c1-37-21-7-5-20(6-8-21)34-13-11-33(12-14-34)10-9-18-15-35(32-31-18)16-19-17-36-25(29-19)22-3-2-4-23(27)24(22)30-26(36)28/h2-8,15,17H,9-14,16H2,1H3,(H2,28,30). The number of halogens is 1. The molecule has 0 saturated carbocycles. The Morgan fingerprint density at radius 2 is 1.78 bits per heavy atom. The molecule has 2 N–H and O–H groups in total. The van der Waals surface area contributed by atoms with Crippen molar-refractivity contribution in [3.05, 3.63) is 72.1 Å². The van der Waals surface area contributed by atoms with Gasteiger partial charge in [-0.1, -0.05) is 11.3 Å². The Labute approximate surface area is 213 Å². The van der Waals surface area contributed by atoms with Crippen molar-refractivity contribution in [1.29, 1.82) is 0 Å². The molecule has 1 aliphatic rings. The van der Waals surface area contributed by atoms with Gasteiger partial charge < -0.3 is 15.4 Å². The van der Waals surface area contributed by atoms with Crippen LogP contribution in [0.1, 0.15) is 11.4 Å². The van der Waals surface area contributed by atoms with Crippen LogP contribution < -0.4 is 15.4 Å². The van der Waals surface area contributed by atoms with E-state index in [0.717, 1.165) is 56.3 Å². The molecule has 0 aliphatic carbocycles. The highest BCUT2D eigenvalue weighted by Gasteiger charge is 2.18. The predicted molar refractivity (Wildman–Crippen MR) is 139 cm³/mol. The summed E-state index contributed by atoms with van der Waals surface area (Å²) < 4.78 is 22.9. The molecule has 1 saturated heterocycles. The van der Waals surface area contributed by atoms with Crippen molar-refractivity contribution in [2.45, 2.75) is 13.0 Å². The zero-order chi connectivity index (χ0) is 25.4. The molecule has 10 nitrogen and oxygen atoms in total. The van der Waals surface area contributed by atoms with Crippen LogP contribution in [-0.4, -0.2) is 74.1 Å². The fourth-order valence-corrected chi connectivity index (χ4v) is 4.84. The molecule has 0 radical (unpaired) electrons. The topological polar surface area (TPSA) is 103 Å². The average Bonchev–Trinajstić information content (AvgIpc) is 3.56. The molecular weight excluding hydrogens is 473 g/mol. The fourth-order valence-electron chi connectivity index (χ4n) is 4.84. The minimum absolute atomic E-state index is 0.192. The minimum Gasteiger partial charge on any atom is -0.497 e. The summed E-state index contributed by atoms with van der Waals surface area (Å²) in [5, 5.41) is 9.25. The molecule has 2 aromatic carbocycles. The lowest BCUT2D eigenvalue weighted by molar-refractivity contribution is 0.260. The van der Waals surface area contributed by atoms with Gasteiger partial charge in [-0.15, -0.1) is 5.10 Å². The highest BCUT2D eigenvalue weighted by molar-refractivity contribution is 5.92. The first kappa shape index (κ1) is 23.2. The number of nitrogens with zero attached hydrogens (tertiary/aromatic N) is 8. The molecule has 3 aromatic heterocycles. The van der Waals surface area contributed by atoms with E-state index in [1.54, 1.807) is 28.3 Å². The van der Waals surface area contributed by atoms with Gasteiger partial charge in [0.25, 0.3) is 0 Å². The van der Waals surface area contributed by atoms with Crippen LogP contribution in [0.5, 0.6) is 5.75 Å². The maximum Gasteiger partial charge on any atom is 0.206 e. The van der Waals surface area contributed by atoms with E-state index < -0.39 is 5.82 Å². The number of para-hydroxylation sites is 1. The first-order chi connectivity index (χ1) is 18.1. The smallest absolute Gasteiger partial charge is 0.206 e. The molecule has 37 heavy (non-hydrogen) atoms. The summed E-state index contributed by atoms with van der Waals surface area (Å²) in [5.41, 5.74) is 9.77. The lowest BCUT2D eigenvalue weighted by Gasteiger charge is -2.36. The van der Waals surface area contributed by atoms with Crippen LogP contribution in [0.15, 0.2) is 54.9 Å². The van der Waals surface area contributed by atoms with E-state index in [9.17, 15) is 4.39 Å². The van der Waals surface area contributed by atoms with E-state index in [4.69, 9.17) is 10.5 Å². The van der Waals surface area contributed by atoms with Gasteiger partial charge in [-0.3, -0.25) is 9.30 Å². The Balaban J connectivity index is 1.06. The molecule has 1 fully saturated rings. The molecule has 0 unspecified atom stereocenters. The Hall–Kier alpha value is -4.25. The molecule has 5 aromatic rings. The molecule has 0 atom stereocenters. The van der Waals surface area contributed by atoms with Gasteiger partial charge in [0.1, 0.15) is 22.7 Å². The second kappa shape index (κ2) is 9.66.